The SMILES string of the molecule is CCCCCCCCCOC[C@@H](O)CO. The first kappa shape index (κ1) is 14.9. The van der Waals surface area contributed by atoms with E-state index < -0.39 is 6.10 Å². The summed E-state index contributed by atoms with van der Waals surface area (Å²) in [6.07, 6.45) is 8.15. The summed E-state index contributed by atoms with van der Waals surface area (Å²) in [7, 11) is 0. The molecular formula is C12H26O3. The third-order valence-corrected chi connectivity index (χ3v) is 2.41. The zero-order valence-electron chi connectivity index (χ0n) is 9.95. The summed E-state index contributed by atoms with van der Waals surface area (Å²) in [5, 5.41) is 17.5. The van der Waals surface area contributed by atoms with Crippen LogP contribution in [0.5, 0.6) is 0 Å². The van der Waals surface area contributed by atoms with Crippen molar-refractivity contribution in [3.63, 3.8) is 0 Å². The van der Waals surface area contributed by atoms with E-state index >= 15 is 0 Å². The van der Waals surface area contributed by atoms with E-state index in [0.29, 0.717) is 6.61 Å². The van der Waals surface area contributed by atoms with Gasteiger partial charge in [0, 0.05) is 6.61 Å². The molecule has 0 aromatic rings. The Morgan fingerprint density at radius 1 is 1.00 bits per heavy atom. The molecule has 0 heterocycles. The fourth-order valence-corrected chi connectivity index (χ4v) is 1.43. The van der Waals surface area contributed by atoms with Crippen molar-refractivity contribution in [2.75, 3.05) is 19.8 Å². The van der Waals surface area contributed by atoms with Gasteiger partial charge in [0.25, 0.3) is 0 Å². The second kappa shape index (κ2) is 12.0. The first-order chi connectivity index (χ1) is 7.31. The molecule has 0 radical (unpaired) electrons. The van der Waals surface area contributed by atoms with Crippen LogP contribution >= 0.6 is 0 Å². The molecule has 0 aromatic heterocycles. The summed E-state index contributed by atoms with van der Waals surface area (Å²) < 4.78 is 5.20. The van der Waals surface area contributed by atoms with Crippen LogP contribution in [0.3, 0.4) is 0 Å². The first-order valence-corrected chi connectivity index (χ1v) is 6.18. The molecule has 0 bridgehead atoms. The molecule has 1 atom stereocenters. The van der Waals surface area contributed by atoms with E-state index in [2.05, 4.69) is 6.92 Å². The summed E-state index contributed by atoms with van der Waals surface area (Å²) >= 11 is 0. The zero-order chi connectivity index (χ0) is 11.4. The van der Waals surface area contributed by atoms with Crippen molar-refractivity contribution in [3.05, 3.63) is 0 Å². The van der Waals surface area contributed by atoms with Gasteiger partial charge in [0.15, 0.2) is 0 Å². The number of hydrogen-bond acceptors (Lipinski definition) is 3. The molecule has 0 aliphatic carbocycles. The molecule has 0 fully saturated rings. The standard InChI is InChI=1S/C12H26O3/c1-2-3-4-5-6-7-8-9-15-11-12(14)10-13/h12-14H,2-11H2,1H3/t12-/m0/s1. The minimum absolute atomic E-state index is 0.211. The number of aliphatic hydroxyl groups excluding tert-OH is 2. The average Bonchev–Trinajstić information content (AvgIpc) is 2.26. The van der Waals surface area contributed by atoms with Gasteiger partial charge in [0.2, 0.25) is 0 Å². The Kier molecular flexibility index (Phi) is 11.9. The molecule has 0 amide bonds. The second-order valence-electron chi connectivity index (χ2n) is 4.03. The van der Waals surface area contributed by atoms with Gasteiger partial charge in [-0.05, 0) is 6.42 Å². The Morgan fingerprint density at radius 3 is 2.20 bits per heavy atom. The average molecular weight is 218 g/mol. The molecule has 0 rings (SSSR count). The summed E-state index contributed by atoms with van der Waals surface area (Å²) in [6.45, 7) is 2.97. The Hall–Kier alpha value is -0.120. The Morgan fingerprint density at radius 2 is 1.60 bits per heavy atom. The van der Waals surface area contributed by atoms with E-state index in [-0.39, 0.29) is 13.2 Å². The van der Waals surface area contributed by atoms with Gasteiger partial charge in [-0.15, -0.1) is 0 Å². The molecule has 0 saturated heterocycles. The summed E-state index contributed by atoms with van der Waals surface area (Å²) in [5.74, 6) is 0. The highest BCUT2D eigenvalue weighted by molar-refractivity contribution is 4.49. The zero-order valence-corrected chi connectivity index (χ0v) is 9.95. The maximum absolute atomic E-state index is 8.98. The minimum atomic E-state index is -0.713. The molecule has 0 saturated carbocycles. The Balaban J connectivity index is 2.92. The van der Waals surface area contributed by atoms with Crippen molar-refractivity contribution >= 4 is 0 Å². The van der Waals surface area contributed by atoms with Gasteiger partial charge in [-0.1, -0.05) is 45.4 Å². The van der Waals surface area contributed by atoms with Crippen LogP contribution in [0.1, 0.15) is 51.9 Å². The maximum Gasteiger partial charge on any atom is 0.100 e. The summed E-state index contributed by atoms with van der Waals surface area (Å²) in [5.41, 5.74) is 0. The number of aliphatic hydroxyl groups is 2. The van der Waals surface area contributed by atoms with Crippen molar-refractivity contribution < 1.29 is 14.9 Å². The molecule has 0 spiro atoms. The van der Waals surface area contributed by atoms with Crippen molar-refractivity contribution in [1.82, 2.24) is 0 Å². The number of hydrogen-bond donors (Lipinski definition) is 2. The van der Waals surface area contributed by atoms with E-state index in [1.54, 1.807) is 0 Å². The highest BCUT2D eigenvalue weighted by atomic mass is 16.5. The van der Waals surface area contributed by atoms with Crippen LogP contribution in [-0.4, -0.2) is 36.1 Å². The lowest BCUT2D eigenvalue weighted by molar-refractivity contribution is 0.00526. The van der Waals surface area contributed by atoms with E-state index in [4.69, 9.17) is 14.9 Å². The predicted molar refractivity (Wildman–Crippen MR) is 61.9 cm³/mol. The fourth-order valence-electron chi connectivity index (χ4n) is 1.43. The van der Waals surface area contributed by atoms with Gasteiger partial charge in [0.1, 0.15) is 6.10 Å². The molecular weight excluding hydrogens is 192 g/mol. The predicted octanol–water partition coefficient (Wildman–Crippen LogP) is 2.11. The van der Waals surface area contributed by atoms with Crippen LogP contribution in [0.25, 0.3) is 0 Å². The lowest BCUT2D eigenvalue weighted by Gasteiger charge is -2.07. The van der Waals surface area contributed by atoms with E-state index in [1.807, 2.05) is 0 Å². The van der Waals surface area contributed by atoms with Crippen LogP contribution in [0, 0.1) is 0 Å². The molecule has 0 aliphatic heterocycles. The first-order valence-electron chi connectivity index (χ1n) is 6.18. The highest BCUT2D eigenvalue weighted by Crippen LogP contribution is 2.06. The van der Waals surface area contributed by atoms with Gasteiger partial charge in [-0.3, -0.25) is 0 Å². The molecule has 92 valence electrons. The van der Waals surface area contributed by atoms with Crippen molar-refractivity contribution in [1.29, 1.82) is 0 Å². The van der Waals surface area contributed by atoms with E-state index in [1.165, 1.54) is 38.5 Å². The van der Waals surface area contributed by atoms with Crippen LogP contribution in [0.4, 0.5) is 0 Å². The van der Waals surface area contributed by atoms with Gasteiger partial charge >= 0.3 is 0 Å². The van der Waals surface area contributed by atoms with Gasteiger partial charge in [0.05, 0.1) is 13.2 Å². The fraction of sp³-hybridized carbons (Fsp3) is 1.00. The monoisotopic (exact) mass is 218 g/mol. The van der Waals surface area contributed by atoms with Crippen molar-refractivity contribution in [2.45, 2.75) is 58.0 Å². The van der Waals surface area contributed by atoms with E-state index in [0.717, 1.165) is 6.42 Å². The summed E-state index contributed by atoms with van der Waals surface area (Å²) in [4.78, 5) is 0. The smallest absolute Gasteiger partial charge is 0.100 e. The van der Waals surface area contributed by atoms with Crippen molar-refractivity contribution in [3.8, 4) is 0 Å². The van der Waals surface area contributed by atoms with Gasteiger partial charge < -0.3 is 14.9 Å². The van der Waals surface area contributed by atoms with Crippen LogP contribution < -0.4 is 0 Å². The van der Waals surface area contributed by atoms with Gasteiger partial charge in [-0.25, -0.2) is 0 Å². The van der Waals surface area contributed by atoms with Crippen LogP contribution in [-0.2, 0) is 4.74 Å². The molecule has 0 unspecified atom stereocenters. The number of unbranched alkanes of at least 4 members (excludes halogenated alkanes) is 6. The highest BCUT2D eigenvalue weighted by Gasteiger charge is 2.00. The second-order valence-corrected chi connectivity index (χ2v) is 4.03. The van der Waals surface area contributed by atoms with Crippen LogP contribution in [0.2, 0.25) is 0 Å². The third-order valence-electron chi connectivity index (χ3n) is 2.41. The topological polar surface area (TPSA) is 49.7 Å². The van der Waals surface area contributed by atoms with Crippen LogP contribution in [0.15, 0.2) is 0 Å². The lowest BCUT2D eigenvalue weighted by Crippen LogP contribution is -2.19. The third kappa shape index (κ3) is 11.8. The Labute approximate surface area is 93.5 Å². The molecule has 2 N–H and O–H groups in total. The molecule has 3 heteroatoms. The van der Waals surface area contributed by atoms with E-state index in [9.17, 15) is 0 Å². The number of rotatable bonds is 11. The van der Waals surface area contributed by atoms with Crippen molar-refractivity contribution in [2.24, 2.45) is 0 Å². The molecule has 3 nitrogen and oxygen atoms in total. The maximum atomic E-state index is 8.98. The summed E-state index contributed by atoms with van der Waals surface area (Å²) in [6, 6.07) is 0. The largest absolute Gasteiger partial charge is 0.394 e. The quantitative estimate of drug-likeness (QED) is 0.522. The Bertz CT molecular complexity index is 117. The number of ether oxygens (including phenoxy) is 1. The molecule has 0 aromatic carbocycles. The minimum Gasteiger partial charge on any atom is -0.394 e. The van der Waals surface area contributed by atoms with Gasteiger partial charge in [-0.2, -0.15) is 0 Å². The normalized spacial score (nSPS) is 13.0. The lowest BCUT2D eigenvalue weighted by atomic mass is 10.1. The molecule has 0 aliphatic rings. The molecule has 15 heavy (non-hydrogen) atoms.